The first kappa shape index (κ1) is 18.1. The number of amides is 1. The molecule has 1 N–H and O–H groups in total. The van der Waals surface area contributed by atoms with Crippen molar-refractivity contribution in [3.05, 3.63) is 69.1 Å². The van der Waals surface area contributed by atoms with Crippen LogP contribution in [0.1, 0.15) is 36.2 Å². The standard InChI is InChI=1S/C18H19BrN2O3/c1-2-3-11-20-18(24)16(21-12-5-4-6-15(21)22)17(23)13-7-9-14(19)10-8-13/h4-10,12,16H,2-3,11H2,1H3,(H,20,24). The Bertz CT molecular complexity index is 768. The van der Waals surface area contributed by atoms with Crippen LogP contribution >= 0.6 is 15.9 Å². The Hall–Kier alpha value is -2.21. The Balaban J connectivity index is 2.37. The fraction of sp³-hybridized carbons (Fsp3) is 0.278. The number of pyridine rings is 1. The lowest BCUT2D eigenvalue weighted by Gasteiger charge is -2.18. The van der Waals surface area contributed by atoms with Crippen molar-refractivity contribution in [2.45, 2.75) is 25.8 Å². The van der Waals surface area contributed by atoms with E-state index in [0.717, 1.165) is 17.3 Å². The number of unbranched alkanes of at least 4 members (excludes halogenated alkanes) is 1. The number of ketones is 1. The third-order valence-electron chi connectivity index (χ3n) is 3.58. The zero-order chi connectivity index (χ0) is 17.5. The van der Waals surface area contributed by atoms with Gasteiger partial charge in [0.05, 0.1) is 0 Å². The molecule has 0 spiro atoms. The van der Waals surface area contributed by atoms with Crippen LogP contribution in [0.5, 0.6) is 0 Å². The molecule has 126 valence electrons. The predicted octanol–water partition coefficient (Wildman–Crippen LogP) is 2.95. The minimum atomic E-state index is -1.21. The van der Waals surface area contributed by atoms with Crippen molar-refractivity contribution in [2.24, 2.45) is 0 Å². The highest BCUT2D eigenvalue weighted by Gasteiger charge is 2.29. The van der Waals surface area contributed by atoms with E-state index in [9.17, 15) is 14.4 Å². The summed E-state index contributed by atoms with van der Waals surface area (Å²) in [6.07, 6.45) is 3.20. The Morgan fingerprint density at radius 2 is 1.88 bits per heavy atom. The maximum Gasteiger partial charge on any atom is 0.251 e. The Morgan fingerprint density at radius 1 is 1.17 bits per heavy atom. The number of halogens is 1. The molecule has 1 atom stereocenters. The number of benzene rings is 1. The number of carbonyl (C=O) groups is 2. The number of nitrogens with zero attached hydrogens (tertiary/aromatic N) is 1. The van der Waals surface area contributed by atoms with Crippen molar-refractivity contribution in [2.75, 3.05) is 6.54 Å². The van der Waals surface area contributed by atoms with Gasteiger partial charge in [-0.15, -0.1) is 0 Å². The van der Waals surface area contributed by atoms with Crippen LogP contribution in [0.25, 0.3) is 0 Å². The smallest absolute Gasteiger partial charge is 0.251 e. The average Bonchev–Trinajstić information content (AvgIpc) is 2.57. The van der Waals surface area contributed by atoms with Gasteiger partial charge in [0.15, 0.2) is 11.8 Å². The molecule has 2 rings (SSSR count). The molecule has 1 unspecified atom stereocenters. The summed E-state index contributed by atoms with van der Waals surface area (Å²) in [6, 6.07) is 10.1. The zero-order valence-electron chi connectivity index (χ0n) is 13.4. The van der Waals surface area contributed by atoms with Crippen molar-refractivity contribution >= 4 is 27.6 Å². The monoisotopic (exact) mass is 390 g/mol. The van der Waals surface area contributed by atoms with Crippen molar-refractivity contribution in [3.8, 4) is 0 Å². The Morgan fingerprint density at radius 3 is 2.50 bits per heavy atom. The van der Waals surface area contributed by atoms with Gasteiger partial charge in [0.2, 0.25) is 0 Å². The normalized spacial score (nSPS) is 11.8. The summed E-state index contributed by atoms with van der Waals surface area (Å²) in [5.74, 6) is -0.880. The topological polar surface area (TPSA) is 68.2 Å². The number of hydrogen-bond donors (Lipinski definition) is 1. The van der Waals surface area contributed by atoms with E-state index in [1.807, 2.05) is 6.92 Å². The van der Waals surface area contributed by atoms with Crippen LogP contribution < -0.4 is 10.9 Å². The van der Waals surface area contributed by atoms with Crippen molar-refractivity contribution < 1.29 is 9.59 Å². The minimum Gasteiger partial charge on any atom is -0.354 e. The number of Topliss-reactive ketones (excluding diaryl/α,β-unsaturated/α-hetero) is 1. The molecule has 0 aliphatic carbocycles. The van der Waals surface area contributed by atoms with Gasteiger partial charge in [-0.25, -0.2) is 0 Å². The van der Waals surface area contributed by atoms with E-state index < -0.39 is 23.3 Å². The second-order valence-corrected chi connectivity index (χ2v) is 6.28. The maximum absolute atomic E-state index is 12.8. The first-order valence-corrected chi connectivity index (χ1v) is 8.58. The molecule has 0 saturated carbocycles. The third-order valence-corrected chi connectivity index (χ3v) is 4.11. The molecular weight excluding hydrogens is 372 g/mol. The molecule has 0 aliphatic rings. The van der Waals surface area contributed by atoms with Crippen LogP contribution in [0.2, 0.25) is 0 Å². The van der Waals surface area contributed by atoms with Crippen LogP contribution in [-0.4, -0.2) is 22.8 Å². The summed E-state index contributed by atoms with van der Waals surface area (Å²) in [6.45, 7) is 2.49. The Labute approximate surface area is 148 Å². The fourth-order valence-corrected chi connectivity index (χ4v) is 2.55. The van der Waals surface area contributed by atoms with Gasteiger partial charge in [-0.1, -0.05) is 47.5 Å². The molecule has 5 nitrogen and oxygen atoms in total. The van der Waals surface area contributed by atoms with Gasteiger partial charge in [0.1, 0.15) is 0 Å². The first-order valence-electron chi connectivity index (χ1n) is 7.79. The van der Waals surface area contributed by atoms with Gasteiger partial charge in [-0.05, 0) is 24.6 Å². The molecule has 1 heterocycles. The maximum atomic E-state index is 12.8. The summed E-state index contributed by atoms with van der Waals surface area (Å²) in [4.78, 5) is 37.5. The van der Waals surface area contributed by atoms with Gasteiger partial charge in [-0.3, -0.25) is 19.0 Å². The fourth-order valence-electron chi connectivity index (χ4n) is 2.28. The van der Waals surface area contributed by atoms with Crippen molar-refractivity contribution in [1.29, 1.82) is 0 Å². The van der Waals surface area contributed by atoms with Gasteiger partial charge in [0, 0.05) is 28.8 Å². The van der Waals surface area contributed by atoms with Gasteiger partial charge in [-0.2, -0.15) is 0 Å². The lowest BCUT2D eigenvalue weighted by Crippen LogP contribution is -2.41. The predicted molar refractivity (Wildman–Crippen MR) is 96.1 cm³/mol. The van der Waals surface area contributed by atoms with Crippen molar-refractivity contribution in [1.82, 2.24) is 9.88 Å². The largest absolute Gasteiger partial charge is 0.354 e. The lowest BCUT2D eigenvalue weighted by molar-refractivity contribution is -0.123. The van der Waals surface area contributed by atoms with Crippen LogP contribution in [-0.2, 0) is 4.79 Å². The van der Waals surface area contributed by atoms with E-state index in [1.165, 1.54) is 16.8 Å². The summed E-state index contributed by atoms with van der Waals surface area (Å²) in [5.41, 5.74) is -0.0109. The van der Waals surface area contributed by atoms with Gasteiger partial charge < -0.3 is 5.32 Å². The molecular formula is C18H19BrN2O3. The molecule has 1 amide bonds. The van der Waals surface area contributed by atoms with Crippen LogP contribution in [0.4, 0.5) is 0 Å². The highest BCUT2D eigenvalue weighted by atomic mass is 79.9. The summed E-state index contributed by atoms with van der Waals surface area (Å²) < 4.78 is 2.01. The summed E-state index contributed by atoms with van der Waals surface area (Å²) in [7, 11) is 0. The quantitative estimate of drug-likeness (QED) is 0.448. The van der Waals surface area contributed by atoms with Gasteiger partial charge in [0.25, 0.3) is 11.5 Å². The Kier molecular flexibility index (Phi) is 6.49. The first-order chi connectivity index (χ1) is 11.5. The molecule has 0 fully saturated rings. The molecule has 0 radical (unpaired) electrons. The molecule has 0 aliphatic heterocycles. The minimum absolute atomic E-state index is 0.379. The molecule has 0 saturated heterocycles. The molecule has 1 aromatic heterocycles. The van der Waals surface area contributed by atoms with E-state index in [1.54, 1.807) is 36.4 Å². The third kappa shape index (κ3) is 4.41. The molecule has 0 bridgehead atoms. The zero-order valence-corrected chi connectivity index (χ0v) is 15.0. The summed E-state index contributed by atoms with van der Waals surface area (Å²) >= 11 is 3.31. The lowest BCUT2D eigenvalue weighted by atomic mass is 10.0. The number of rotatable bonds is 7. The molecule has 1 aromatic carbocycles. The summed E-state index contributed by atoms with van der Waals surface area (Å²) in [5, 5.41) is 2.74. The van der Waals surface area contributed by atoms with Crippen LogP contribution in [0.3, 0.4) is 0 Å². The van der Waals surface area contributed by atoms with E-state index in [0.29, 0.717) is 12.1 Å². The van der Waals surface area contributed by atoms with Crippen LogP contribution in [0, 0.1) is 0 Å². The average molecular weight is 391 g/mol. The van der Waals surface area contributed by atoms with Crippen LogP contribution in [0.15, 0.2) is 57.9 Å². The van der Waals surface area contributed by atoms with E-state index >= 15 is 0 Å². The molecule has 6 heteroatoms. The van der Waals surface area contributed by atoms with E-state index in [4.69, 9.17) is 0 Å². The van der Waals surface area contributed by atoms with Crippen molar-refractivity contribution in [3.63, 3.8) is 0 Å². The van der Waals surface area contributed by atoms with E-state index in [-0.39, 0.29) is 0 Å². The van der Waals surface area contributed by atoms with Gasteiger partial charge >= 0.3 is 0 Å². The second-order valence-electron chi connectivity index (χ2n) is 5.36. The number of carbonyl (C=O) groups excluding carboxylic acids is 2. The number of aromatic nitrogens is 1. The highest BCUT2D eigenvalue weighted by molar-refractivity contribution is 9.10. The molecule has 24 heavy (non-hydrogen) atoms. The SMILES string of the molecule is CCCCNC(=O)C(C(=O)c1ccc(Br)cc1)n1ccccc1=O. The highest BCUT2D eigenvalue weighted by Crippen LogP contribution is 2.17. The number of hydrogen-bond acceptors (Lipinski definition) is 3. The molecule has 2 aromatic rings. The number of nitrogens with one attached hydrogen (secondary N) is 1. The second kappa shape index (κ2) is 8.59. The van der Waals surface area contributed by atoms with E-state index in [2.05, 4.69) is 21.2 Å².